The van der Waals surface area contributed by atoms with Gasteiger partial charge in [-0.3, -0.25) is 14.4 Å². The van der Waals surface area contributed by atoms with E-state index in [1.54, 1.807) is 12.3 Å². The van der Waals surface area contributed by atoms with E-state index in [1.807, 2.05) is 57.3 Å². The summed E-state index contributed by atoms with van der Waals surface area (Å²) in [6.07, 6.45) is 1.79. The molecule has 2 unspecified atom stereocenters. The molecule has 6 nitrogen and oxygen atoms in total. The molecule has 0 fully saturated rings. The highest BCUT2D eigenvalue weighted by Crippen LogP contribution is 2.37. The number of hydrogen-bond donors (Lipinski definition) is 2. The van der Waals surface area contributed by atoms with Gasteiger partial charge in [0.25, 0.3) is 5.56 Å². The molecule has 2 N–H and O–H groups in total. The van der Waals surface area contributed by atoms with Crippen molar-refractivity contribution in [1.29, 1.82) is 0 Å². The molecule has 0 radical (unpaired) electrons. The highest BCUT2D eigenvalue weighted by atomic mass is 35.5. The van der Waals surface area contributed by atoms with Gasteiger partial charge in [0.15, 0.2) is 0 Å². The van der Waals surface area contributed by atoms with Gasteiger partial charge in [0, 0.05) is 27.7 Å². The van der Waals surface area contributed by atoms with Crippen molar-refractivity contribution >= 4 is 34.8 Å². The van der Waals surface area contributed by atoms with Gasteiger partial charge in [-0.25, -0.2) is 0 Å². The number of benzene rings is 1. The Labute approximate surface area is 208 Å². The molecule has 3 aromatic rings. The van der Waals surface area contributed by atoms with E-state index in [9.17, 15) is 19.5 Å². The highest BCUT2D eigenvalue weighted by Gasteiger charge is 2.27. The van der Waals surface area contributed by atoms with Crippen molar-refractivity contribution in [3.8, 4) is 10.4 Å². The van der Waals surface area contributed by atoms with E-state index >= 15 is 0 Å². The first-order valence-electron chi connectivity index (χ1n) is 11.1. The molecular formula is C26H29ClN2O4S. The van der Waals surface area contributed by atoms with Gasteiger partial charge in [-0.15, -0.1) is 11.3 Å². The number of halogens is 1. The predicted molar refractivity (Wildman–Crippen MR) is 137 cm³/mol. The Kier molecular flexibility index (Phi) is 8.33. The minimum atomic E-state index is -1.03. The molecule has 0 saturated carbocycles. The van der Waals surface area contributed by atoms with Gasteiger partial charge in [0.1, 0.15) is 6.04 Å². The monoisotopic (exact) mass is 500 g/mol. The molecule has 2 aromatic heterocycles. The molecule has 0 aliphatic carbocycles. The number of amides is 1. The van der Waals surface area contributed by atoms with Crippen LogP contribution in [0.25, 0.3) is 10.4 Å². The van der Waals surface area contributed by atoms with E-state index < -0.39 is 18.1 Å². The lowest BCUT2D eigenvalue weighted by Gasteiger charge is -2.24. The summed E-state index contributed by atoms with van der Waals surface area (Å²) in [6.45, 7) is 7.74. The van der Waals surface area contributed by atoms with Gasteiger partial charge < -0.3 is 15.0 Å². The van der Waals surface area contributed by atoms with Crippen LogP contribution in [0, 0.1) is 19.8 Å². The quantitative estimate of drug-likeness (QED) is 0.390. The normalized spacial score (nSPS) is 13.0. The smallest absolute Gasteiger partial charge is 0.305 e. The van der Waals surface area contributed by atoms with Crippen molar-refractivity contribution in [3.63, 3.8) is 0 Å². The Morgan fingerprint density at radius 3 is 2.53 bits per heavy atom. The number of aliphatic carboxylic acids is 1. The van der Waals surface area contributed by atoms with Crippen LogP contribution in [-0.4, -0.2) is 21.6 Å². The lowest BCUT2D eigenvalue weighted by molar-refractivity contribution is -0.138. The number of aromatic nitrogens is 1. The lowest BCUT2D eigenvalue weighted by Crippen LogP contribution is -2.40. The molecule has 1 aromatic carbocycles. The van der Waals surface area contributed by atoms with E-state index in [-0.39, 0.29) is 23.8 Å². The average molecular weight is 501 g/mol. The Morgan fingerprint density at radius 2 is 1.91 bits per heavy atom. The molecule has 0 saturated heterocycles. The number of thiophene rings is 1. The van der Waals surface area contributed by atoms with E-state index in [4.69, 9.17) is 11.6 Å². The summed E-state index contributed by atoms with van der Waals surface area (Å²) in [4.78, 5) is 38.5. The minimum Gasteiger partial charge on any atom is -0.481 e. The molecular weight excluding hydrogens is 472 g/mol. The molecule has 3 rings (SSSR count). The van der Waals surface area contributed by atoms with E-state index in [0.29, 0.717) is 17.0 Å². The zero-order chi connectivity index (χ0) is 25.0. The van der Waals surface area contributed by atoms with Gasteiger partial charge in [-0.1, -0.05) is 37.6 Å². The maximum Gasteiger partial charge on any atom is 0.305 e. The van der Waals surface area contributed by atoms with Crippen LogP contribution < -0.4 is 10.9 Å². The molecule has 2 heterocycles. The number of nitrogens with one attached hydrogen (secondary N) is 1. The standard InChI is InChI=1S/C26H29ClN2O4S/c1-15(2)10-21(29-9-8-16(3)11-23(29)30)26(33)28-20(13-24(31)32)18-12-22(34-14-18)25-17(4)6-5-7-19(25)27/h5-9,11-12,14-15,20-21H,10,13H2,1-4H3,(H,28,33)(H,31,32). The van der Waals surface area contributed by atoms with Gasteiger partial charge in [-0.05, 0) is 66.5 Å². The van der Waals surface area contributed by atoms with Crippen LogP contribution in [0.15, 0.2) is 52.8 Å². The van der Waals surface area contributed by atoms with Crippen LogP contribution in [0.2, 0.25) is 5.02 Å². The molecule has 0 bridgehead atoms. The van der Waals surface area contributed by atoms with Crippen LogP contribution in [0.4, 0.5) is 0 Å². The van der Waals surface area contributed by atoms with Crippen molar-refractivity contribution in [1.82, 2.24) is 9.88 Å². The molecule has 34 heavy (non-hydrogen) atoms. The number of carbonyl (C=O) groups is 2. The third kappa shape index (κ3) is 6.15. The molecule has 8 heteroatoms. The molecule has 1 amide bonds. The zero-order valence-corrected chi connectivity index (χ0v) is 21.2. The van der Waals surface area contributed by atoms with Gasteiger partial charge in [0.2, 0.25) is 5.91 Å². The fraction of sp³-hybridized carbons (Fsp3) is 0.346. The summed E-state index contributed by atoms with van der Waals surface area (Å²) in [6, 6.07) is 9.33. The van der Waals surface area contributed by atoms with Crippen LogP contribution in [-0.2, 0) is 9.59 Å². The summed E-state index contributed by atoms with van der Waals surface area (Å²) >= 11 is 7.86. The highest BCUT2D eigenvalue weighted by molar-refractivity contribution is 7.13. The largest absolute Gasteiger partial charge is 0.481 e. The molecule has 180 valence electrons. The summed E-state index contributed by atoms with van der Waals surface area (Å²) < 4.78 is 1.42. The van der Waals surface area contributed by atoms with Crippen molar-refractivity contribution in [2.45, 2.75) is 52.6 Å². The molecule has 0 spiro atoms. The number of pyridine rings is 1. The first-order chi connectivity index (χ1) is 16.1. The van der Waals surface area contributed by atoms with Crippen LogP contribution in [0.3, 0.4) is 0 Å². The van der Waals surface area contributed by atoms with Crippen LogP contribution in [0.1, 0.15) is 55.5 Å². The fourth-order valence-electron chi connectivity index (χ4n) is 3.94. The second kappa shape index (κ2) is 11.0. The number of rotatable bonds is 9. The zero-order valence-electron chi connectivity index (χ0n) is 19.7. The summed E-state index contributed by atoms with van der Waals surface area (Å²) in [7, 11) is 0. The average Bonchev–Trinajstić information content (AvgIpc) is 3.21. The molecule has 0 aliphatic heterocycles. The van der Waals surface area contributed by atoms with Gasteiger partial charge in [-0.2, -0.15) is 0 Å². The fourth-order valence-corrected chi connectivity index (χ4v) is 5.41. The van der Waals surface area contributed by atoms with Gasteiger partial charge in [0.05, 0.1) is 12.5 Å². The van der Waals surface area contributed by atoms with Crippen molar-refractivity contribution in [2.75, 3.05) is 0 Å². The molecule has 0 aliphatic rings. The SMILES string of the molecule is Cc1ccn(C(CC(C)C)C(=O)NC(CC(=O)O)c2csc(-c3c(C)cccc3Cl)c2)c(=O)c1. The minimum absolute atomic E-state index is 0.151. The second-order valence-corrected chi connectivity index (χ2v) is 10.2. The van der Waals surface area contributed by atoms with E-state index in [1.165, 1.54) is 22.0 Å². The Balaban J connectivity index is 1.94. The van der Waals surface area contributed by atoms with E-state index in [2.05, 4.69) is 5.32 Å². The van der Waals surface area contributed by atoms with Crippen LogP contribution in [0.5, 0.6) is 0 Å². The number of nitrogens with zero attached hydrogens (tertiary/aromatic N) is 1. The van der Waals surface area contributed by atoms with E-state index in [0.717, 1.165) is 21.6 Å². The third-order valence-corrected chi connectivity index (χ3v) is 6.90. The van der Waals surface area contributed by atoms with Crippen molar-refractivity contribution < 1.29 is 14.7 Å². The Bertz CT molecular complexity index is 1230. The van der Waals surface area contributed by atoms with Gasteiger partial charge >= 0.3 is 5.97 Å². The number of carbonyl (C=O) groups excluding carboxylic acids is 1. The Hall–Kier alpha value is -2.90. The van der Waals surface area contributed by atoms with Crippen molar-refractivity contribution in [3.05, 3.63) is 80.0 Å². The predicted octanol–water partition coefficient (Wildman–Crippen LogP) is 5.77. The number of carboxylic acid groups (broad SMARTS) is 1. The maximum atomic E-state index is 13.4. The maximum absolute atomic E-state index is 13.4. The topological polar surface area (TPSA) is 88.4 Å². The summed E-state index contributed by atoms with van der Waals surface area (Å²) in [5.41, 5.74) is 3.15. The van der Waals surface area contributed by atoms with Crippen molar-refractivity contribution in [2.24, 2.45) is 5.92 Å². The second-order valence-electron chi connectivity index (χ2n) is 8.93. The number of hydrogen-bond acceptors (Lipinski definition) is 4. The number of carboxylic acids is 1. The number of aryl methyl sites for hydroxylation is 2. The summed E-state index contributed by atoms with van der Waals surface area (Å²) in [5.74, 6) is -1.26. The first-order valence-corrected chi connectivity index (χ1v) is 12.4. The Morgan fingerprint density at radius 1 is 1.18 bits per heavy atom. The first kappa shape index (κ1) is 25.7. The third-order valence-electron chi connectivity index (χ3n) is 5.62. The summed E-state index contributed by atoms with van der Waals surface area (Å²) in [5, 5.41) is 14.9. The van der Waals surface area contributed by atoms with Crippen LogP contribution >= 0.6 is 22.9 Å². The molecule has 2 atom stereocenters. The lowest BCUT2D eigenvalue weighted by atomic mass is 10.00.